The van der Waals surface area contributed by atoms with Crippen molar-refractivity contribution in [2.24, 2.45) is 0 Å². The van der Waals surface area contributed by atoms with Crippen LogP contribution in [0.2, 0.25) is 0 Å². The van der Waals surface area contributed by atoms with Crippen LogP contribution in [0, 0.1) is 18.3 Å². The van der Waals surface area contributed by atoms with E-state index in [1.807, 2.05) is 43.3 Å². The first-order valence-corrected chi connectivity index (χ1v) is 6.53. The van der Waals surface area contributed by atoms with E-state index in [0.29, 0.717) is 18.1 Å². The van der Waals surface area contributed by atoms with E-state index in [4.69, 9.17) is 21.6 Å². The van der Waals surface area contributed by atoms with E-state index in [-0.39, 0.29) is 0 Å². The normalized spacial score (nSPS) is 9.95. The number of aryl methyl sites for hydroxylation is 1. The maximum Gasteiger partial charge on any atom is 0.120 e. The van der Waals surface area contributed by atoms with Crippen LogP contribution in [0.1, 0.15) is 22.3 Å². The fraction of sp³-hybridized carbons (Fsp3) is 0.188. The second kappa shape index (κ2) is 6.26. The van der Waals surface area contributed by atoms with Crippen LogP contribution >= 0.6 is 11.6 Å². The summed E-state index contributed by atoms with van der Waals surface area (Å²) in [6, 6.07) is 15.5. The van der Waals surface area contributed by atoms with Crippen LogP contribution in [0.3, 0.4) is 0 Å². The smallest absolute Gasteiger partial charge is 0.120 e. The van der Waals surface area contributed by atoms with Gasteiger partial charge in [-0.25, -0.2) is 0 Å². The van der Waals surface area contributed by atoms with E-state index < -0.39 is 0 Å². The highest BCUT2D eigenvalue weighted by molar-refractivity contribution is 6.17. The van der Waals surface area contributed by atoms with Crippen molar-refractivity contribution in [3.63, 3.8) is 0 Å². The zero-order valence-electron chi connectivity index (χ0n) is 10.7. The molecule has 0 radical (unpaired) electrons. The molecular weight excluding hydrogens is 258 g/mol. The average molecular weight is 272 g/mol. The largest absolute Gasteiger partial charge is 0.489 e. The van der Waals surface area contributed by atoms with E-state index >= 15 is 0 Å². The highest BCUT2D eigenvalue weighted by Gasteiger charge is 2.02. The van der Waals surface area contributed by atoms with Gasteiger partial charge in [0.25, 0.3) is 0 Å². The number of nitriles is 1. The van der Waals surface area contributed by atoms with E-state index in [0.717, 1.165) is 22.4 Å². The highest BCUT2D eigenvalue weighted by Crippen LogP contribution is 2.18. The lowest BCUT2D eigenvalue weighted by Crippen LogP contribution is -1.98. The summed E-state index contributed by atoms with van der Waals surface area (Å²) >= 11 is 5.79. The maximum absolute atomic E-state index is 8.82. The van der Waals surface area contributed by atoms with Gasteiger partial charge in [-0.15, -0.1) is 11.6 Å². The summed E-state index contributed by atoms with van der Waals surface area (Å²) in [6.45, 7) is 2.47. The molecule has 0 aliphatic rings. The van der Waals surface area contributed by atoms with Crippen molar-refractivity contribution in [1.82, 2.24) is 0 Å². The monoisotopic (exact) mass is 271 g/mol. The number of hydrogen-bond acceptors (Lipinski definition) is 2. The molecule has 96 valence electrons. The van der Waals surface area contributed by atoms with Gasteiger partial charge in [0, 0.05) is 5.88 Å². The van der Waals surface area contributed by atoms with Crippen LogP contribution in [0.25, 0.3) is 0 Å². The van der Waals surface area contributed by atoms with Crippen molar-refractivity contribution in [3.05, 3.63) is 64.7 Å². The van der Waals surface area contributed by atoms with Crippen LogP contribution in [0.15, 0.2) is 42.5 Å². The number of nitrogens with zero attached hydrogens (tertiary/aromatic N) is 1. The summed E-state index contributed by atoms with van der Waals surface area (Å²) < 4.78 is 5.75. The zero-order valence-corrected chi connectivity index (χ0v) is 11.4. The predicted octanol–water partition coefficient (Wildman–Crippen LogP) is 4.18. The second-order valence-corrected chi connectivity index (χ2v) is 4.59. The Labute approximate surface area is 118 Å². The lowest BCUT2D eigenvalue weighted by atomic mass is 10.1. The van der Waals surface area contributed by atoms with Gasteiger partial charge in [-0.1, -0.05) is 18.2 Å². The Balaban J connectivity index is 2.08. The molecule has 0 spiro atoms. The van der Waals surface area contributed by atoms with E-state index in [2.05, 4.69) is 6.07 Å². The van der Waals surface area contributed by atoms with Gasteiger partial charge in [0.1, 0.15) is 12.4 Å². The van der Waals surface area contributed by atoms with Crippen LogP contribution in [0.5, 0.6) is 5.75 Å². The average Bonchev–Trinajstić information content (AvgIpc) is 2.46. The Morgan fingerprint density at radius 3 is 2.74 bits per heavy atom. The Hall–Kier alpha value is -1.98. The van der Waals surface area contributed by atoms with Gasteiger partial charge in [-0.05, 0) is 47.9 Å². The van der Waals surface area contributed by atoms with Crippen molar-refractivity contribution in [2.75, 3.05) is 0 Å². The third-order valence-corrected chi connectivity index (χ3v) is 3.23. The summed E-state index contributed by atoms with van der Waals surface area (Å²) in [6.07, 6.45) is 0. The Bertz CT molecular complexity index is 616. The molecule has 0 atom stereocenters. The van der Waals surface area contributed by atoms with Crippen LogP contribution < -0.4 is 4.74 Å². The quantitative estimate of drug-likeness (QED) is 0.782. The van der Waals surface area contributed by atoms with Crippen molar-refractivity contribution in [2.45, 2.75) is 19.4 Å². The molecule has 0 bridgehead atoms. The lowest BCUT2D eigenvalue weighted by Gasteiger charge is -2.09. The van der Waals surface area contributed by atoms with E-state index in [9.17, 15) is 0 Å². The second-order valence-electron chi connectivity index (χ2n) is 4.32. The first-order chi connectivity index (χ1) is 9.22. The standard InChI is InChI=1S/C16H14ClNO/c1-12-7-14(10-18)5-6-15(12)11-19-16-4-2-3-13(8-16)9-17/h2-8H,9,11H2,1H3. The number of halogens is 1. The van der Waals surface area contributed by atoms with E-state index in [1.165, 1.54) is 0 Å². The number of rotatable bonds is 4. The van der Waals surface area contributed by atoms with Gasteiger partial charge in [0.15, 0.2) is 0 Å². The summed E-state index contributed by atoms with van der Waals surface area (Å²) in [5.41, 5.74) is 3.85. The summed E-state index contributed by atoms with van der Waals surface area (Å²) in [5, 5.41) is 8.82. The van der Waals surface area contributed by atoms with Crippen molar-refractivity contribution in [1.29, 1.82) is 5.26 Å². The molecule has 2 aromatic carbocycles. The first-order valence-electron chi connectivity index (χ1n) is 6.00. The van der Waals surface area contributed by atoms with E-state index in [1.54, 1.807) is 6.07 Å². The molecule has 0 saturated carbocycles. The van der Waals surface area contributed by atoms with Crippen molar-refractivity contribution < 1.29 is 4.74 Å². The Morgan fingerprint density at radius 1 is 1.21 bits per heavy atom. The van der Waals surface area contributed by atoms with Gasteiger partial charge >= 0.3 is 0 Å². The topological polar surface area (TPSA) is 33.0 Å². The van der Waals surface area contributed by atoms with Gasteiger partial charge in [0.05, 0.1) is 11.6 Å². The molecule has 0 saturated heterocycles. The van der Waals surface area contributed by atoms with Crippen LogP contribution in [0.4, 0.5) is 0 Å². The fourth-order valence-electron chi connectivity index (χ4n) is 1.81. The predicted molar refractivity (Wildman–Crippen MR) is 76.2 cm³/mol. The number of alkyl halides is 1. The number of hydrogen-bond donors (Lipinski definition) is 0. The summed E-state index contributed by atoms with van der Waals surface area (Å²) in [7, 11) is 0. The highest BCUT2D eigenvalue weighted by atomic mass is 35.5. The molecule has 19 heavy (non-hydrogen) atoms. The molecule has 0 amide bonds. The summed E-state index contributed by atoms with van der Waals surface area (Å²) in [5.74, 6) is 1.29. The Kier molecular flexibility index (Phi) is 4.43. The molecule has 0 unspecified atom stereocenters. The molecule has 0 heterocycles. The van der Waals surface area contributed by atoms with Crippen molar-refractivity contribution in [3.8, 4) is 11.8 Å². The van der Waals surface area contributed by atoms with Gasteiger partial charge < -0.3 is 4.74 Å². The van der Waals surface area contributed by atoms with Crippen LogP contribution in [-0.4, -0.2) is 0 Å². The lowest BCUT2D eigenvalue weighted by molar-refractivity contribution is 0.305. The fourth-order valence-corrected chi connectivity index (χ4v) is 1.97. The molecule has 0 aliphatic carbocycles. The molecule has 0 aromatic heterocycles. The van der Waals surface area contributed by atoms with Gasteiger partial charge in [-0.2, -0.15) is 5.26 Å². The maximum atomic E-state index is 8.82. The zero-order chi connectivity index (χ0) is 13.7. The molecule has 2 nitrogen and oxygen atoms in total. The third kappa shape index (κ3) is 3.49. The minimum Gasteiger partial charge on any atom is -0.489 e. The number of ether oxygens (including phenoxy) is 1. The molecule has 2 rings (SSSR count). The molecule has 0 N–H and O–H groups in total. The molecule has 3 heteroatoms. The SMILES string of the molecule is Cc1cc(C#N)ccc1COc1cccc(CCl)c1. The number of benzene rings is 2. The van der Waals surface area contributed by atoms with Gasteiger partial charge in [-0.3, -0.25) is 0 Å². The minimum atomic E-state index is 0.479. The molecule has 0 aliphatic heterocycles. The Morgan fingerprint density at radius 2 is 2.05 bits per heavy atom. The third-order valence-electron chi connectivity index (χ3n) is 2.92. The van der Waals surface area contributed by atoms with Crippen molar-refractivity contribution >= 4 is 11.6 Å². The first kappa shape index (κ1) is 13.5. The summed E-state index contributed by atoms with van der Waals surface area (Å²) in [4.78, 5) is 0. The molecular formula is C16H14ClNO. The molecule has 2 aromatic rings. The van der Waals surface area contributed by atoms with Crippen LogP contribution in [-0.2, 0) is 12.5 Å². The molecule has 0 fully saturated rings. The minimum absolute atomic E-state index is 0.479. The van der Waals surface area contributed by atoms with Gasteiger partial charge in [0.2, 0.25) is 0 Å².